The van der Waals surface area contributed by atoms with Gasteiger partial charge in [-0.25, -0.2) is 4.79 Å². The van der Waals surface area contributed by atoms with Gasteiger partial charge in [-0.2, -0.15) is 0 Å². The molecule has 4 rings (SSSR count). The smallest absolute Gasteiger partial charge is 0.322 e. The largest absolute Gasteiger partial charge is 0.491 e. The average molecular weight is 327 g/mol. The Bertz CT molecular complexity index is 767. The number of nitrogens with zero attached hydrogens (tertiary/aromatic N) is 2. The number of fused-ring (bicyclic) bond motifs is 1. The summed E-state index contributed by atoms with van der Waals surface area (Å²) in [6, 6.07) is 7.68. The molecular weight excluding hydrogens is 306 g/mol. The number of aryl methyl sites for hydroxylation is 1. The number of hydrogen-bond donors (Lipinski definition) is 1. The maximum atomic E-state index is 12.9. The van der Waals surface area contributed by atoms with Gasteiger partial charge < -0.3 is 19.5 Å². The number of benzene rings is 1. The number of aromatic nitrogens is 1. The number of hydrogen-bond acceptors (Lipinski definition) is 4. The molecule has 0 bridgehead atoms. The summed E-state index contributed by atoms with van der Waals surface area (Å²) in [6.45, 7) is 4.85. The van der Waals surface area contributed by atoms with E-state index < -0.39 is 0 Å². The Labute approximate surface area is 140 Å². The maximum Gasteiger partial charge on any atom is 0.322 e. The van der Waals surface area contributed by atoms with Gasteiger partial charge >= 0.3 is 6.03 Å². The zero-order valence-electron chi connectivity index (χ0n) is 13.9. The van der Waals surface area contributed by atoms with E-state index in [-0.39, 0.29) is 12.1 Å². The van der Waals surface area contributed by atoms with E-state index in [1.807, 2.05) is 38.1 Å². The fraction of sp³-hybridized carbons (Fsp3) is 0.444. The number of urea groups is 1. The molecule has 1 atom stereocenters. The van der Waals surface area contributed by atoms with Crippen molar-refractivity contribution in [2.45, 2.75) is 45.2 Å². The molecule has 24 heavy (non-hydrogen) atoms. The van der Waals surface area contributed by atoms with Crippen LogP contribution in [0.4, 0.5) is 10.5 Å². The van der Waals surface area contributed by atoms with Crippen LogP contribution in [0.1, 0.15) is 42.7 Å². The third-order valence-corrected chi connectivity index (χ3v) is 4.66. The number of nitrogens with one attached hydrogen (secondary N) is 1. The lowest BCUT2D eigenvalue weighted by molar-refractivity contribution is 0.168. The van der Waals surface area contributed by atoms with Crippen molar-refractivity contribution in [2.75, 3.05) is 11.9 Å². The van der Waals surface area contributed by atoms with Crippen molar-refractivity contribution in [3.63, 3.8) is 0 Å². The molecular formula is C18H21N3O3. The molecule has 1 aliphatic carbocycles. The molecule has 1 fully saturated rings. The predicted octanol–water partition coefficient (Wildman–Crippen LogP) is 3.68. The van der Waals surface area contributed by atoms with Gasteiger partial charge in [-0.05, 0) is 32.8 Å². The topological polar surface area (TPSA) is 67.6 Å². The lowest BCUT2D eigenvalue weighted by Gasteiger charge is -2.26. The third-order valence-electron chi connectivity index (χ3n) is 4.66. The normalized spacial score (nSPS) is 20.1. The molecule has 2 aromatic rings. The van der Waals surface area contributed by atoms with Crippen LogP contribution >= 0.6 is 0 Å². The highest BCUT2D eigenvalue weighted by molar-refractivity contribution is 5.91. The molecule has 0 spiro atoms. The fourth-order valence-electron chi connectivity index (χ4n) is 3.03. The second kappa shape index (κ2) is 5.85. The summed E-state index contributed by atoms with van der Waals surface area (Å²) in [7, 11) is 0. The number of rotatable bonds is 2. The van der Waals surface area contributed by atoms with Crippen LogP contribution in [0.2, 0.25) is 0 Å². The second-order valence-electron chi connectivity index (χ2n) is 6.61. The van der Waals surface area contributed by atoms with E-state index in [9.17, 15) is 4.79 Å². The zero-order valence-corrected chi connectivity index (χ0v) is 13.9. The molecule has 1 N–H and O–H groups in total. The van der Waals surface area contributed by atoms with Crippen molar-refractivity contribution >= 4 is 11.7 Å². The van der Waals surface area contributed by atoms with Crippen molar-refractivity contribution < 1.29 is 14.1 Å². The molecule has 6 nitrogen and oxygen atoms in total. The van der Waals surface area contributed by atoms with E-state index in [1.54, 1.807) is 4.90 Å². The summed E-state index contributed by atoms with van der Waals surface area (Å²) in [5.41, 5.74) is 2.47. The first kappa shape index (κ1) is 15.1. The van der Waals surface area contributed by atoms with Gasteiger partial charge in [0.1, 0.15) is 23.7 Å². The van der Waals surface area contributed by atoms with Crippen LogP contribution in [0.3, 0.4) is 0 Å². The van der Waals surface area contributed by atoms with Crippen LogP contribution in [0.15, 0.2) is 28.8 Å². The second-order valence-corrected chi connectivity index (χ2v) is 6.61. The van der Waals surface area contributed by atoms with Crippen molar-refractivity contribution in [3.05, 3.63) is 41.3 Å². The lowest BCUT2D eigenvalue weighted by Crippen LogP contribution is -2.42. The summed E-state index contributed by atoms with van der Waals surface area (Å²) in [4.78, 5) is 14.7. The van der Waals surface area contributed by atoms with Crippen LogP contribution in [-0.2, 0) is 6.54 Å². The summed E-state index contributed by atoms with van der Waals surface area (Å²) in [6.07, 6.45) is 2.19. The highest BCUT2D eigenvalue weighted by atomic mass is 16.5. The Morgan fingerprint density at radius 2 is 2.12 bits per heavy atom. The summed E-state index contributed by atoms with van der Waals surface area (Å²) >= 11 is 0. The van der Waals surface area contributed by atoms with Gasteiger partial charge in [0.05, 0.1) is 12.6 Å². The highest BCUT2D eigenvalue weighted by Crippen LogP contribution is 2.44. The quantitative estimate of drug-likeness (QED) is 0.914. The van der Waals surface area contributed by atoms with E-state index in [0.717, 1.165) is 41.3 Å². The Morgan fingerprint density at radius 3 is 2.92 bits per heavy atom. The van der Waals surface area contributed by atoms with Crippen molar-refractivity contribution in [1.29, 1.82) is 0 Å². The highest BCUT2D eigenvalue weighted by Gasteiger charge is 2.33. The van der Waals surface area contributed by atoms with E-state index >= 15 is 0 Å². The Balaban J connectivity index is 1.56. The average Bonchev–Trinajstić information content (AvgIpc) is 3.37. The summed E-state index contributed by atoms with van der Waals surface area (Å²) in [5, 5.41) is 7.03. The van der Waals surface area contributed by atoms with E-state index in [0.29, 0.717) is 19.1 Å². The molecule has 6 heteroatoms. The van der Waals surface area contributed by atoms with Gasteiger partial charge in [0.15, 0.2) is 5.76 Å². The molecule has 2 heterocycles. The molecule has 1 saturated carbocycles. The molecule has 0 saturated heterocycles. The standard InChI is InChI=1S/C18H21N3O3/c1-11-10-23-15-6-4-3-5-14(15)9-21(11)18(22)19-16-12(2)20-24-17(16)13-7-8-13/h3-6,11,13H,7-10H2,1-2H3,(H,19,22)/t11-/m1/s1. The van der Waals surface area contributed by atoms with Gasteiger partial charge in [0.25, 0.3) is 0 Å². The third kappa shape index (κ3) is 2.72. The molecule has 1 aromatic heterocycles. The van der Waals surface area contributed by atoms with E-state index in [2.05, 4.69) is 10.5 Å². The first-order valence-corrected chi connectivity index (χ1v) is 8.38. The van der Waals surface area contributed by atoms with Crippen molar-refractivity contribution in [3.8, 4) is 5.75 Å². The summed E-state index contributed by atoms with van der Waals surface area (Å²) < 4.78 is 11.2. The number of carbonyl (C=O) groups is 1. The fourth-order valence-corrected chi connectivity index (χ4v) is 3.03. The molecule has 2 aliphatic rings. The van der Waals surface area contributed by atoms with E-state index in [1.165, 1.54) is 0 Å². The SMILES string of the molecule is Cc1noc(C2CC2)c1NC(=O)N1Cc2ccccc2OC[C@H]1C. The van der Waals surface area contributed by atoms with Crippen LogP contribution in [0, 0.1) is 6.92 Å². The van der Waals surface area contributed by atoms with E-state index in [4.69, 9.17) is 9.26 Å². The monoisotopic (exact) mass is 327 g/mol. The first-order valence-electron chi connectivity index (χ1n) is 8.38. The lowest BCUT2D eigenvalue weighted by atomic mass is 10.2. The van der Waals surface area contributed by atoms with Gasteiger partial charge in [-0.3, -0.25) is 0 Å². The Kier molecular flexibility index (Phi) is 3.67. The zero-order chi connectivity index (χ0) is 16.7. The number of carbonyl (C=O) groups excluding carboxylic acids is 1. The first-order chi connectivity index (χ1) is 11.6. The van der Waals surface area contributed by atoms with Gasteiger partial charge in [-0.1, -0.05) is 23.4 Å². The van der Waals surface area contributed by atoms with Crippen LogP contribution in [0.25, 0.3) is 0 Å². The van der Waals surface area contributed by atoms with Gasteiger partial charge in [-0.15, -0.1) is 0 Å². The van der Waals surface area contributed by atoms with Crippen molar-refractivity contribution in [1.82, 2.24) is 10.1 Å². The van der Waals surface area contributed by atoms with Crippen LogP contribution in [-0.4, -0.2) is 28.7 Å². The minimum atomic E-state index is -0.143. The molecule has 2 amide bonds. The minimum absolute atomic E-state index is 0.0260. The molecule has 1 aliphatic heterocycles. The maximum absolute atomic E-state index is 12.9. The van der Waals surface area contributed by atoms with Gasteiger partial charge in [0.2, 0.25) is 0 Å². The number of amides is 2. The number of para-hydroxylation sites is 1. The molecule has 0 unspecified atom stereocenters. The molecule has 126 valence electrons. The number of ether oxygens (including phenoxy) is 1. The van der Waals surface area contributed by atoms with Crippen LogP contribution < -0.4 is 10.1 Å². The molecule has 1 aromatic carbocycles. The Hall–Kier alpha value is -2.50. The minimum Gasteiger partial charge on any atom is -0.491 e. The van der Waals surface area contributed by atoms with Crippen molar-refractivity contribution in [2.24, 2.45) is 0 Å². The molecule has 0 radical (unpaired) electrons. The Morgan fingerprint density at radius 1 is 1.33 bits per heavy atom. The van der Waals surface area contributed by atoms with Crippen LogP contribution in [0.5, 0.6) is 5.75 Å². The summed E-state index contributed by atoms with van der Waals surface area (Å²) in [5.74, 6) is 2.05. The predicted molar refractivity (Wildman–Crippen MR) is 89.2 cm³/mol. The van der Waals surface area contributed by atoms with Gasteiger partial charge in [0, 0.05) is 11.5 Å². The number of anilines is 1.